The summed E-state index contributed by atoms with van der Waals surface area (Å²) in [6.45, 7) is 2.59. The SMILES string of the molecule is CCOc1ccccc1/C=N/n1cnnc1SCc1ccccc1. The molecular weight excluding hydrogens is 320 g/mol. The molecule has 3 rings (SSSR count). The molecule has 0 radical (unpaired) electrons. The number of aromatic nitrogens is 3. The average Bonchev–Trinajstić information content (AvgIpc) is 3.08. The number of thioether (sulfide) groups is 1. The van der Waals surface area contributed by atoms with E-state index in [0.717, 1.165) is 22.2 Å². The fraction of sp³-hybridized carbons (Fsp3) is 0.167. The number of hydrogen-bond acceptors (Lipinski definition) is 5. The van der Waals surface area contributed by atoms with Crippen LogP contribution in [0, 0.1) is 0 Å². The van der Waals surface area contributed by atoms with E-state index in [2.05, 4.69) is 27.4 Å². The van der Waals surface area contributed by atoms with Gasteiger partial charge in [0.05, 0.1) is 12.8 Å². The molecule has 0 unspecified atom stereocenters. The van der Waals surface area contributed by atoms with E-state index < -0.39 is 0 Å². The van der Waals surface area contributed by atoms with Crippen LogP contribution in [-0.4, -0.2) is 27.7 Å². The van der Waals surface area contributed by atoms with Crippen molar-refractivity contribution < 1.29 is 4.74 Å². The van der Waals surface area contributed by atoms with E-state index in [4.69, 9.17) is 4.74 Å². The summed E-state index contributed by atoms with van der Waals surface area (Å²) in [6.07, 6.45) is 3.37. The van der Waals surface area contributed by atoms with Crippen molar-refractivity contribution in [3.8, 4) is 5.75 Å². The molecule has 3 aromatic rings. The van der Waals surface area contributed by atoms with Crippen molar-refractivity contribution in [3.05, 3.63) is 72.1 Å². The first-order chi connectivity index (χ1) is 11.9. The molecule has 0 N–H and O–H groups in total. The van der Waals surface area contributed by atoms with Crippen molar-refractivity contribution in [1.82, 2.24) is 14.9 Å². The fourth-order valence-electron chi connectivity index (χ4n) is 2.11. The van der Waals surface area contributed by atoms with Gasteiger partial charge in [-0.25, -0.2) is 0 Å². The van der Waals surface area contributed by atoms with Crippen LogP contribution in [0.2, 0.25) is 0 Å². The minimum atomic E-state index is 0.621. The van der Waals surface area contributed by atoms with Crippen molar-refractivity contribution in [2.75, 3.05) is 6.61 Å². The smallest absolute Gasteiger partial charge is 0.212 e. The summed E-state index contributed by atoms with van der Waals surface area (Å²) in [7, 11) is 0. The molecule has 122 valence electrons. The molecule has 0 bridgehead atoms. The Bertz CT molecular complexity index is 802. The quantitative estimate of drug-likeness (QED) is 0.485. The van der Waals surface area contributed by atoms with Crippen LogP contribution in [0.4, 0.5) is 0 Å². The Morgan fingerprint density at radius 3 is 2.75 bits per heavy atom. The lowest BCUT2D eigenvalue weighted by molar-refractivity contribution is 0.340. The van der Waals surface area contributed by atoms with Gasteiger partial charge in [-0.15, -0.1) is 10.2 Å². The molecule has 0 saturated heterocycles. The van der Waals surface area contributed by atoms with E-state index in [1.165, 1.54) is 5.56 Å². The van der Waals surface area contributed by atoms with Crippen molar-refractivity contribution >= 4 is 18.0 Å². The summed E-state index contributed by atoms with van der Waals surface area (Å²) in [6, 6.07) is 18.1. The Hall–Kier alpha value is -2.60. The molecule has 2 aromatic carbocycles. The Morgan fingerprint density at radius 2 is 1.92 bits per heavy atom. The lowest BCUT2D eigenvalue weighted by Crippen LogP contribution is -1.97. The molecule has 1 heterocycles. The second kappa shape index (κ2) is 8.31. The van der Waals surface area contributed by atoms with Crippen LogP contribution < -0.4 is 4.74 Å². The van der Waals surface area contributed by atoms with Crippen molar-refractivity contribution in [2.45, 2.75) is 17.8 Å². The van der Waals surface area contributed by atoms with Gasteiger partial charge in [0.2, 0.25) is 5.16 Å². The maximum atomic E-state index is 5.61. The van der Waals surface area contributed by atoms with E-state index in [1.54, 1.807) is 29.0 Å². The van der Waals surface area contributed by atoms with Crippen LogP contribution in [0.15, 0.2) is 71.2 Å². The van der Waals surface area contributed by atoms with Gasteiger partial charge < -0.3 is 4.74 Å². The van der Waals surface area contributed by atoms with Crippen molar-refractivity contribution in [1.29, 1.82) is 0 Å². The summed E-state index contributed by atoms with van der Waals surface area (Å²) in [5.41, 5.74) is 2.16. The molecule has 0 fully saturated rings. The highest BCUT2D eigenvalue weighted by atomic mass is 32.2. The van der Waals surface area contributed by atoms with E-state index in [-0.39, 0.29) is 0 Å². The molecule has 0 spiro atoms. The summed E-state index contributed by atoms with van der Waals surface area (Å²) in [5.74, 6) is 1.64. The number of nitrogens with zero attached hydrogens (tertiary/aromatic N) is 4. The third-order valence-corrected chi connectivity index (χ3v) is 4.26. The minimum absolute atomic E-state index is 0.621. The van der Waals surface area contributed by atoms with Crippen LogP contribution in [0.25, 0.3) is 0 Å². The van der Waals surface area contributed by atoms with Gasteiger partial charge in [-0.1, -0.05) is 54.2 Å². The Kier molecular flexibility index (Phi) is 5.63. The normalized spacial score (nSPS) is 11.0. The number of hydrogen-bond donors (Lipinski definition) is 0. The standard InChI is InChI=1S/C18H18N4OS/c1-2-23-17-11-7-6-10-16(17)12-20-22-14-19-21-18(22)24-13-15-8-4-3-5-9-15/h3-12,14H,2,13H2,1H3/b20-12+. The van der Waals surface area contributed by atoms with Gasteiger partial charge in [0.1, 0.15) is 12.1 Å². The van der Waals surface area contributed by atoms with Crippen LogP contribution in [-0.2, 0) is 5.75 Å². The van der Waals surface area contributed by atoms with Crippen LogP contribution in [0.1, 0.15) is 18.1 Å². The predicted octanol–water partition coefficient (Wildman–Crippen LogP) is 3.85. The topological polar surface area (TPSA) is 52.3 Å². The number of benzene rings is 2. The largest absolute Gasteiger partial charge is 0.493 e. The first-order valence-corrected chi connectivity index (χ1v) is 8.68. The summed E-state index contributed by atoms with van der Waals surface area (Å²) in [5, 5.41) is 13.3. The molecule has 5 nitrogen and oxygen atoms in total. The zero-order valence-electron chi connectivity index (χ0n) is 13.4. The molecule has 0 amide bonds. The van der Waals surface area contributed by atoms with Crippen LogP contribution in [0.5, 0.6) is 5.75 Å². The first kappa shape index (κ1) is 16.3. The van der Waals surface area contributed by atoms with E-state index >= 15 is 0 Å². The van der Waals surface area contributed by atoms with E-state index in [9.17, 15) is 0 Å². The van der Waals surface area contributed by atoms with Gasteiger partial charge >= 0.3 is 0 Å². The molecular formula is C18H18N4OS. The third-order valence-electron chi connectivity index (χ3n) is 3.25. The summed E-state index contributed by atoms with van der Waals surface area (Å²) in [4.78, 5) is 0. The average molecular weight is 338 g/mol. The molecule has 0 aliphatic rings. The Labute approximate surface area is 145 Å². The summed E-state index contributed by atoms with van der Waals surface area (Å²) >= 11 is 1.60. The van der Waals surface area contributed by atoms with Crippen LogP contribution in [0.3, 0.4) is 0 Å². The van der Waals surface area contributed by atoms with Crippen molar-refractivity contribution in [3.63, 3.8) is 0 Å². The fourth-order valence-corrected chi connectivity index (χ4v) is 2.93. The lowest BCUT2D eigenvalue weighted by Gasteiger charge is -2.06. The number of rotatable bonds is 7. The zero-order chi connectivity index (χ0) is 16.6. The van der Waals surface area contributed by atoms with Gasteiger partial charge in [-0.2, -0.15) is 9.78 Å². The third kappa shape index (κ3) is 4.23. The monoisotopic (exact) mass is 338 g/mol. The van der Waals surface area contributed by atoms with Crippen LogP contribution >= 0.6 is 11.8 Å². The Morgan fingerprint density at radius 1 is 1.12 bits per heavy atom. The first-order valence-electron chi connectivity index (χ1n) is 7.69. The van der Waals surface area contributed by atoms with Gasteiger partial charge in [-0.3, -0.25) is 0 Å². The molecule has 0 aliphatic carbocycles. The number of ether oxygens (including phenoxy) is 1. The molecule has 6 heteroatoms. The number of para-hydroxylation sites is 1. The van der Waals surface area contributed by atoms with Gasteiger partial charge in [-0.05, 0) is 24.6 Å². The lowest BCUT2D eigenvalue weighted by atomic mass is 10.2. The predicted molar refractivity (Wildman–Crippen MR) is 96.6 cm³/mol. The van der Waals surface area contributed by atoms with Gasteiger partial charge in [0.15, 0.2) is 0 Å². The van der Waals surface area contributed by atoms with Gasteiger partial charge in [0, 0.05) is 11.3 Å². The second-order valence-corrected chi connectivity index (χ2v) is 5.89. The highest BCUT2D eigenvalue weighted by Crippen LogP contribution is 2.21. The summed E-state index contributed by atoms with van der Waals surface area (Å²) < 4.78 is 7.28. The Balaban J connectivity index is 1.71. The molecule has 1 aromatic heterocycles. The van der Waals surface area contributed by atoms with Gasteiger partial charge in [0.25, 0.3) is 0 Å². The molecule has 0 saturated carbocycles. The highest BCUT2D eigenvalue weighted by Gasteiger charge is 2.05. The van der Waals surface area contributed by atoms with E-state index in [0.29, 0.717) is 6.61 Å². The highest BCUT2D eigenvalue weighted by molar-refractivity contribution is 7.98. The zero-order valence-corrected chi connectivity index (χ0v) is 14.2. The maximum absolute atomic E-state index is 5.61. The van der Waals surface area contributed by atoms with E-state index in [1.807, 2.05) is 49.4 Å². The molecule has 0 atom stereocenters. The minimum Gasteiger partial charge on any atom is -0.493 e. The maximum Gasteiger partial charge on any atom is 0.212 e. The molecule has 24 heavy (non-hydrogen) atoms. The second-order valence-electron chi connectivity index (χ2n) is 4.95. The molecule has 0 aliphatic heterocycles. The van der Waals surface area contributed by atoms with Crippen molar-refractivity contribution in [2.24, 2.45) is 5.10 Å².